The van der Waals surface area contributed by atoms with Gasteiger partial charge in [-0.25, -0.2) is 0 Å². The van der Waals surface area contributed by atoms with Gasteiger partial charge in [-0.2, -0.15) is 0 Å². The first-order valence-electron chi connectivity index (χ1n) is 6.41. The molecule has 0 aliphatic carbocycles. The van der Waals surface area contributed by atoms with Gasteiger partial charge in [-0.3, -0.25) is 9.69 Å². The predicted molar refractivity (Wildman–Crippen MR) is 69.5 cm³/mol. The highest BCUT2D eigenvalue weighted by Gasteiger charge is 2.09. The first kappa shape index (κ1) is 13.1. The van der Waals surface area contributed by atoms with Gasteiger partial charge in [-0.15, -0.1) is 0 Å². The standard InChI is InChI=1S/C14H19N2O2/c17-14(13-5-2-1-3-6-13)15-7-4-8-16-9-11-18-12-10-16/h2-3,5-6H,4,7-12H2,(H,15,17). The summed E-state index contributed by atoms with van der Waals surface area (Å²) in [6, 6.07) is 9.95. The summed E-state index contributed by atoms with van der Waals surface area (Å²) in [5.74, 6) is -0.00835. The topological polar surface area (TPSA) is 41.6 Å². The molecule has 1 fully saturated rings. The molecule has 1 N–H and O–H groups in total. The van der Waals surface area contributed by atoms with Gasteiger partial charge in [0.1, 0.15) is 0 Å². The molecular formula is C14H19N2O2. The van der Waals surface area contributed by atoms with Crippen molar-refractivity contribution in [3.8, 4) is 0 Å². The molecule has 1 aliphatic heterocycles. The number of rotatable bonds is 5. The first-order chi connectivity index (χ1) is 8.86. The minimum Gasteiger partial charge on any atom is -0.379 e. The third-order valence-electron chi connectivity index (χ3n) is 3.02. The van der Waals surface area contributed by atoms with Crippen molar-refractivity contribution in [2.24, 2.45) is 0 Å². The molecule has 1 saturated heterocycles. The quantitative estimate of drug-likeness (QED) is 0.787. The molecule has 0 unspecified atom stereocenters. The second kappa shape index (κ2) is 7.13. The maximum absolute atomic E-state index is 11.7. The lowest BCUT2D eigenvalue weighted by molar-refractivity contribution is 0.0374. The highest BCUT2D eigenvalue weighted by Crippen LogP contribution is 1.99. The van der Waals surface area contributed by atoms with Gasteiger partial charge in [0.05, 0.1) is 13.2 Å². The monoisotopic (exact) mass is 247 g/mol. The van der Waals surface area contributed by atoms with Crippen molar-refractivity contribution in [1.82, 2.24) is 10.2 Å². The van der Waals surface area contributed by atoms with Crippen molar-refractivity contribution in [2.75, 3.05) is 39.4 Å². The molecule has 97 valence electrons. The molecular weight excluding hydrogens is 228 g/mol. The largest absolute Gasteiger partial charge is 0.379 e. The molecule has 0 spiro atoms. The number of nitrogens with one attached hydrogen (secondary N) is 1. The molecule has 1 aromatic carbocycles. The van der Waals surface area contributed by atoms with Crippen LogP contribution < -0.4 is 5.32 Å². The number of carbonyl (C=O) groups is 1. The van der Waals surface area contributed by atoms with Crippen LogP contribution in [0.4, 0.5) is 0 Å². The maximum Gasteiger partial charge on any atom is 0.251 e. The zero-order valence-electron chi connectivity index (χ0n) is 10.5. The van der Waals surface area contributed by atoms with Crippen LogP contribution in [0.15, 0.2) is 24.3 Å². The van der Waals surface area contributed by atoms with Gasteiger partial charge >= 0.3 is 0 Å². The van der Waals surface area contributed by atoms with Crippen LogP contribution in [-0.4, -0.2) is 50.2 Å². The van der Waals surface area contributed by atoms with Gasteiger partial charge in [-0.05, 0) is 31.2 Å². The van der Waals surface area contributed by atoms with Gasteiger partial charge < -0.3 is 10.1 Å². The summed E-state index contributed by atoms with van der Waals surface area (Å²) in [5.41, 5.74) is 0.695. The summed E-state index contributed by atoms with van der Waals surface area (Å²) in [6.45, 7) is 5.39. The summed E-state index contributed by atoms with van der Waals surface area (Å²) in [7, 11) is 0. The van der Waals surface area contributed by atoms with E-state index in [0.29, 0.717) is 5.56 Å². The van der Waals surface area contributed by atoms with Crippen LogP contribution in [0.3, 0.4) is 0 Å². The number of amides is 1. The van der Waals surface area contributed by atoms with E-state index in [1.54, 1.807) is 24.3 Å². The Morgan fingerprint density at radius 2 is 2.06 bits per heavy atom. The van der Waals surface area contributed by atoms with Crippen LogP contribution >= 0.6 is 0 Å². The molecule has 0 aromatic heterocycles. The summed E-state index contributed by atoms with van der Waals surface area (Å²) < 4.78 is 5.29. The van der Waals surface area contributed by atoms with E-state index in [9.17, 15) is 4.79 Å². The van der Waals surface area contributed by atoms with Gasteiger partial charge in [0, 0.05) is 25.2 Å². The molecule has 0 bridgehead atoms. The molecule has 1 aromatic rings. The number of hydrogen-bond acceptors (Lipinski definition) is 3. The van der Waals surface area contributed by atoms with Crippen molar-refractivity contribution < 1.29 is 9.53 Å². The van der Waals surface area contributed by atoms with Crippen molar-refractivity contribution in [2.45, 2.75) is 6.42 Å². The van der Waals surface area contributed by atoms with Crippen molar-refractivity contribution in [3.05, 3.63) is 35.9 Å². The summed E-state index contributed by atoms with van der Waals surface area (Å²) in [6.07, 6.45) is 0.977. The first-order valence-corrected chi connectivity index (χ1v) is 6.41. The molecule has 1 aliphatic rings. The molecule has 18 heavy (non-hydrogen) atoms. The number of nitrogens with zero attached hydrogens (tertiary/aromatic N) is 1. The van der Waals surface area contributed by atoms with E-state index in [1.807, 2.05) is 0 Å². The number of hydrogen-bond donors (Lipinski definition) is 1. The molecule has 1 radical (unpaired) electrons. The zero-order chi connectivity index (χ0) is 12.6. The molecule has 2 rings (SSSR count). The van der Waals surface area contributed by atoms with Crippen LogP contribution in [0.2, 0.25) is 0 Å². The normalized spacial score (nSPS) is 16.4. The molecule has 4 heteroatoms. The van der Waals surface area contributed by atoms with Gasteiger partial charge in [-0.1, -0.05) is 12.1 Å². The van der Waals surface area contributed by atoms with E-state index in [4.69, 9.17) is 4.74 Å². The maximum atomic E-state index is 11.7. The SMILES string of the molecule is O=C(NCCCN1CCOCC1)c1cc[c]cc1. The Balaban J connectivity index is 1.62. The Labute approximate surface area is 108 Å². The molecule has 1 amide bonds. The Morgan fingerprint density at radius 1 is 1.33 bits per heavy atom. The molecule has 0 saturated carbocycles. The number of morpholine rings is 1. The second-order valence-electron chi connectivity index (χ2n) is 4.35. The van der Waals surface area contributed by atoms with E-state index in [-0.39, 0.29) is 5.91 Å². The summed E-state index contributed by atoms with van der Waals surface area (Å²) >= 11 is 0. The molecule has 4 nitrogen and oxygen atoms in total. The second-order valence-corrected chi connectivity index (χ2v) is 4.35. The average molecular weight is 247 g/mol. The van der Waals surface area contributed by atoms with E-state index in [1.165, 1.54) is 0 Å². The van der Waals surface area contributed by atoms with E-state index in [0.717, 1.165) is 45.8 Å². The van der Waals surface area contributed by atoms with Gasteiger partial charge in [0.2, 0.25) is 0 Å². The Morgan fingerprint density at radius 3 is 2.78 bits per heavy atom. The predicted octanol–water partition coefficient (Wildman–Crippen LogP) is 0.939. The van der Waals surface area contributed by atoms with Gasteiger partial charge in [0.15, 0.2) is 0 Å². The van der Waals surface area contributed by atoms with Crippen molar-refractivity contribution >= 4 is 5.91 Å². The van der Waals surface area contributed by atoms with Crippen molar-refractivity contribution in [1.29, 1.82) is 0 Å². The van der Waals surface area contributed by atoms with Crippen LogP contribution in [0.25, 0.3) is 0 Å². The minimum atomic E-state index is -0.00835. The summed E-state index contributed by atoms with van der Waals surface area (Å²) in [4.78, 5) is 14.1. The van der Waals surface area contributed by atoms with Gasteiger partial charge in [0.25, 0.3) is 5.91 Å². The van der Waals surface area contributed by atoms with Crippen molar-refractivity contribution in [3.63, 3.8) is 0 Å². The lowest BCUT2D eigenvalue weighted by Crippen LogP contribution is -2.38. The highest BCUT2D eigenvalue weighted by atomic mass is 16.5. The van der Waals surface area contributed by atoms with E-state index in [2.05, 4.69) is 16.3 Å². The fraction of sp³-hybridized carbons (Fsp3) is 0.500. The van der Waals surface area contributed by atoms with E-state index < -0.39 is 0 Å². The van der Waals surface area contributed by atoms with Crippen LogP contribution in [0.1, 0.15) is 16.8 Å². The van der Waals surface area contributed by atoms with Crippen LogP contribution in [0, 0.1) is 6.07 Å². The fourth-order valence-electron chi connectivity index (χ4n) is 1.97. The number of ether oxygens (including phenoxy) is 1. The third kappa shape index (κ3) is 4.13. The number of carbonyl (C=O) groups excluding carboxylic acids is 1. The Kier molecular flexibility index (Phi) is 5.17. The Hall–Kier alpha value is -1.39. The van der Waals surface area contributed by atoms with Crippen LogP contribution in [0.5, 0.6) is 0 Å². The lowest BCUT2D eigenvalue weighted by atomic mass is 10.2. The Bertz CT molecular complexity index is 361. The van der Waals surface area contributed by atoms with Crippen LogP contribution in [-0.2, 0) is 4.74 Å². The van der Waals surface area contributed by atoms with E-state index >= 15 is 0 Å². The smallest absolute Gasteiger partial charge is 0.251 e. The summed E-state index contributed by atoms with van der Waals surface area (Å²) in [5, 5.41) is 2.93. The fourth-order valence-corrected chi connectivity index (χ4v) is 1.97. The molecule has 1 heterocycles. The third-order valence-corrected chi connectivity index (χ3v) is 3.02. The minimum absolute atomic E-state index is 0.00835. The number of benzene rings is 1. The highest BCUT2D eigenvalue weighted by molar-refractivity contribution is 5.94. The molecule has 0 atom stereocenters. The lowest BCUT2D eigenvalue weighted by Gasteiger charge is -2.26. The zero-order valence-corrected chi connectivity index (χ0v) is 10.5. The average Bonchev–Trinajstić information content (AvgIpc) is 2.45.